The number of nitrogens with one attached hydrogen (secondary N) is 3. The molecule has 1 fully saturated rings. The number of rotatable bonds is 7. The lowest BCUT2D eigenvalue weighted by Gasteiger charge is -2.26. The molecule has 3 N–H and O–H groups in total. The van der Waals surface area contributed by atoms with Crippen LogP contribution in [0.1, 0.15) is 31.5 Å². The molecule has 0 bridgehead atoms. The molecule has 0 saturated carbocycles. The van der Waals surface area contributed by atoms with Crippen molar-refractivity contribution < 1.29 is 23.5 Å². The number of amides is 3. The van der Waals surface area contributed by atoms with Gasteiger partial charge >= 0.3 is 0 Å². The Morgan fingerprint density at radius 3 is 2.53 bits per heavy atom. The van der Waals surface area contributed by atoms with E-state index in [2.05, 4.69) is 26.1 Å². The SMILES string of the molecule is Cc1nc(N2CCOCC2)sc1C(=O)NNC(=O)[C@H](Cc1ccccc1)NC(=O)c1ccco1. The van der Waals surface area contributed by atoms with Gasteiger partial charge in [-0.25, -0.2) is 4.98 Å². The number of morpholine rings is 1. The molecular formula is C23H25N5O5S. The number of benzene rings is 1. The van der Waals surface area contributed by atoms with E-state index in [1.165, 1.54) is 23.7 Å². The second kappa shape index (κ2) is 10.9. The fraction of sp³-hybridized carbons (Fsp3) is 0.304. The maximum atomic E-state index is 12.9. The first-order chi connectivity index (χ1) is 16.5. The number of carbonyl (C=O) groups is 3. The number of furan rings is 1. The summed E-state index contributed by atoms with van der Waals surface area (Å²) >= 11 is 1.26. The lowest BCUT2D eigenvalue weighted by Crippen LogP contribution is -2.53. The molecule has 0 aliphatic carbocycles. The summed E-state index contributed by atoms with van der Waals surface area (Å²) < 4.78 is 10.5. The highest BCUT2D eigenvalue weighted by atomic mass is 32.1. The molecule has 10 nitrogen and oxygen atoms in total. The van der Waals surface area contributed by atoms with Crippen molar-refractivity contribution in [2.75, 3.05) is 31.2 Å². The van der Waals surface area contributed by atoms with E-state index in [4.69, 9.17) is 9.15 Å². The Morgan fingerprint density at radius 2 is 1.82 bits per heavy atom. The normalized spacial score (nSPS) is 14.3. The summed E-state index contributed by atoms with van der Waals surface area (Å²) in [5, 5.41) is 3.41. The van der Waals surface area contributed by atoms with Crippen molar-refractivity contribution in [1.29, 1.82) is 0 Å². The maximum absolute atomic E-state index is 12.9. The fourth-order valence-corrected chi connectivity index (χ4v) is 4.46. The van der Waals surface area contributed by atoms with Gasteiger partial charge in [0.25, 0.3) is 17.7 Å². The van der Waals surface area contributed by atoms with Crippen molar-refractivity contribution >= 4 is 34.2 Å². The van der Waals surface area contributed by atoms with Gasteiger partial charge in [0, 0.05) is 19.5 Å². The van der Waals surface area contributed by atoms with Gasteiger partial charge in [-0.1, -0.05) is 41.7 Å². The molecule has 3 aromatic rings. The summed E-state index contributed by atoms with van der Waals surface area (Å²) in [6, 6.07) is 11.4. The van der Waals surface area contributed by atoms with Crippen LogP contribution in [-0.4, -0.2) is 55.1 Å². The van der Waals surface area contributed by atoms with Crippen LogP contribution in [0.25, 0.3) is 0 Å². The van der Waals surface area contributed by atoms with E-state index in [1.807, 2.05) is 30.3 Å². The van der Waals surface area contributed by atoms with Crippen LogP contribution < -0.4 is 21.1 Å². The molecule has 1 aliphatic rings. The van der Waals surface area contributed by atoms with Crippen molar-refractivity contribution in [3.05, 3.63) is 70.6 Å². The highest BCUT2D eigenvalue weighted by Crippen LogP contribution is 2.26. The van der Waals surface area contributed by atoms with Crippen LogP contribution in [-0.2, 0) is 16.0 Å². The largest absolute Gasteiger partial charge is 0.459 e. The first-order valence-electron chi connectivity index (χ1n) is 10.8. The van der Waals surface area contributed by atoms with Crippen LogP contribution >= 0.6 is 11.3 Å². The van der Waals surface area contributed by atoms with Crippen molar-refractivity contribution in [3.8, 4) is 0 Å². The zero-order valence-corrected chi connectivity index (χ0v) is 19.4. The van der Waals surface area contributed by atoms with E-state index in [0.29, 0.717) is 36.9 Å². The third-order valence-electron chi connectivity index (χ3n) is 5.22. The molecule has 4 rings (SSSR count). The van der Waals surface area contributed by atoms with E-state index >= 15 is 0 Å². The number of carbonyl (C=O) groups excluding carboxylic acids is 3. The zero-order chi connectivity index (χ0) is 23.9. The minimum absolute atomic E-state index is 0.0887. The molecule has 0 unspecified atom stereocenters. The van der Waals surface area contributed by atoms with Crippen molar-refractivity contribution in [3.63, 3.8) is 0 Å². The first-order valence-corrected chi connectivity index (χ1v) is 11.6. The minimum atomic E-state index is -0.938. The third kappa shape index (κ3) is 5.80. The van der Waals surface area contributed by atoms with Crippen molar-refractivity contribution in [1.82, 2.24) is 21.2 Å². The standard InChI is InChI=1S/C23H25N5O5S/c1-15-19(34-23(24-15)28-9-12-32-13-10-28)22(31)27-26-20(29)17(14-16-6-3-2-4-7-16)25-21(30)18-8-5-11-33-18/h2-8,11,17H,9-10,12-14H2,1H3,(H,25,30)(H,26,29)(H,27,31)/t17-/m0/s1. The molecule has 1 saturated heterocycles. The molecule has 1 aliphatic heterocycles. The van der Waals surface area contributed by atoms with Gasteiger partial charge in [-0.05, 0) is 24.6 Å². The average Bonchev–Trinajstić information content (AvgIpc) is 3.53. The summed E-state index contributed by atoms with van der Waals surface area (Å²) in [5.41, 5.74) is 6.30. The van der Waals surface area contributed by atoms with Gasteiger partial charge in [0.1, 0.15) is 10.9 Å². The Kier molecular flexibility index (Phi) is 7.55. The summed E-state index contributed by atoms with van der Waals surface area (Å²) in [7, 11) is 0. The molecule has 2 aromatic heterocycles. The van der Waals surface area contributed by atoms with Crippen LogP contribution in [0, 0.1) is 6.92 Å². The lowest BCUT2D eigenvalue weighted by atomic mass is 10.1. The lowest BCUT2D eigenvalue weighted by molar-refractivity contribution is -0.123. The van der Waals surface area contributed by atoms with Crippen LogP contribution in [0.15, 0.2) is 53.1 Å². The maximum Gasteiger partial charge on any atom is 0.287 e. The van der Waals surface area contributed by atoms with Crippen LogP contribution in [0.3, 0.4) is 0 Å². The molecule has 0 spiro atoms. The topological polar surface area (TPSA) is 126 Å². The number of hydrogen-bond acceptors (Lipinski definition) is 8. The molecular weight excluding hydrogens is 458 g/mol. The molecule has 0 radical (unpaired) electrons. The van der Waals surface area contributed by atoms with E-state index in [1.54, 1.807) is 13.0 Å². The number of hydrazine groups is 1. The number of aromatic nitrogens is 1. The Morgan fingerprint density at radius 1 is 1.06 bits per heavy atom. The van der Waals surface area contributed by atoms with Crippen LogP contribution in [0.5, 0.6) is 0 Å². The highest BCUT2D eigenvalue weighted by Gasteiger charge is 2.25. The van der Waals surface area contributed by atoms with Gasteiger partial charge in [-0.15, -0.1) is 0 Å². The summed E-state index contributed by atoms with van der Waals surface area (Å²) in [6.07, 6.45) is 1.61. The van der Waals surface area contributed by atoms with Gasteiger partial charge in [-0.3, -0.25) is 25.2 Å². The number of aryl methyl sites for hydroxylation is 1. The van der Waals surface area contributed by atoms with E-state index in [9.17, 15) is 14.4 Å². The second-order valence-electron chi connectivity index (χ2n) is 7.65. The van der Waals surface area contributed by atoms with Gasteiger partial charge in [-0.2, -0.15) is 0 Å². The Labute approximate surface area is 200 Å². The van der Waals surface area contributed by atoms with Gasteiger partial charge in [0.15, 0.2) is 10.9 Å². The minimum Gasteiger partial charge on any atom is -0.459 e. The Hall–Kier alpha value is -3.70. The zero-order valence-electron chi connectivity index (χ0n) is 18.6. The fourth-order valence-electron chi connectivity index (χ4n) is 3.44. The monoisotopic (exact) mass is 483 g/mol. The number of anilines is 1. The summed E-state index contributed by atoms with van der Waals surface area (Å²) in [6.45, 7) is 4.40. The molecule has 3 heterocycles. The summed E-state index contributed by atoms with van der Waals surface area (Å²) in [5.74, 6) is -1.47. The first kappa shape index (κ1) is 23.5. The smallest absolute Gasteiger partial charge is 0.287 e. The van der Waals surface area contributed by atoms with Gasteiger partial charge < -0.3 is 19.4 Å². The van der Waals surface area contributed by atoms with Crippen LogP contribution in [0.4, 0.5) is 5.13 Å². The number of hydrogen-bond donors (Lipinski definition) is 3. The molecule has 34 heavy (non-hydrogen) atoms. The average molecular weight is 484 g/mol. The predicted octanol–water partition coefficient (Wildman–Crippen LogP) is 1.68. The second-order valence-corrected chi connectivity index (χ2v) is 8.62. The summed E-state index contributed by atoms with van der Waals surface area (Å²) in [4.78, 5) is 45.1. The highest BCUT2D eigenvalue weighted by molar-refractivity contribution is 7.17. The third-order valence-corrected chi connectivity index (χ3v) is 6.44. The number of nitrogens with zero attached hydrogens (tertiary/aromatic N) is 2. The van der Waals surface area contributed by atoms with Crippen molar-refractivity contribution in [2.24, 2.45) is 0 Å². The van der Waals surface area contributed by atoms with E-state index < -0.39 is 23.8 Å². The van der Waals surface area contributed by atoms with E-state index in [-0.39, 0.29) is 12.2 Å². The molecule has 11 heteroatoms. The molecule has 3 amide bonds. The quantitative estimate of drug-likeness (QED) is 0.437. The van der Waals surface area contributed by atoms with Gasteiger partial charge in [0.05, 0.1) is 25.2 Å². The molecule has 1 atom stereocenters. The molecule has 178 valence electrons. The van der Waals surface area contributed by atoms with Crippen molar-refractivity contribution in [2.45, 2.75) is 19.4 Å². The molecule has 1 aromatic carbocycles. The van der Waals surface area contributed by atoms with Gasteiger partial charge in [0.2, 0.25) is 0 Å². The predicted molar refractivity (Wildman–Crippen MR) is 126 cm³/mol. The van der Waals surface area contributed by atoms with E-state index in [0.717, 1.165) is 10.7 Å². The Balaban J connectivity index is 1.41. The Bertz CT molecular complexity index is 1130. The van der Waals surface area contributed by atoms with Crippen LogP contribution in [0.2, 0.25) is 0 Å². The number of thiazole rings is 1. The number of ether oxygens (including phenoxy) is 1.